The van der Waals surface area contributed by atoms with E-state index >= 15 is 0 Å². The zero-order valence-corrected chi connectivity index (χ0v) is 20.2. The van der Waals surface area contributed by atoms with Gasteiger partial charge in [0.1, 0.15) is 5.57 Å². The van der Waals surface area contributed by atoms with E-state index in [0.29, 0.717) is 35.0 Å². The molecule has 0 bridgehead atoms. The number of pyridine rings is 1. The lowest BCUT2D eigenvalue weighted by Gasteiger charge is -2.14. The molecule has 2 aliphatic rings. The minimum Gasteiger partial charge on any atom is -0.454 e. The van der Waals surface area contributed by atoms with Gasteiger partial charge in [0.15, 0.2) is 23.9 Å². The molecule has 0 atom stereocenters. The lowest BCUT2D eigenvalue weighted by Crippen LogP contribution is -2.39. The number of imide groups is 1. The van der Waals surface area contributed by atoms with Crippen molar-refractivity contribution in [3.63, 3.8) is 0 Å². The van der Waals surface area contributed by atoms with E-state index in [2.05, 4.69) is 5.10 Å². The van der Waals surface area contributed by atoms with E-state index in [1.54, 1.807) is 53.4 Å². The Morgan fingerprint density at radius 2 is 1.70 bits per heavy atom. The molecular weight excluding hydrogens is 472 g/mol. The summed E-state index contributed by atoms with van der Waals surface area (Å²) >= 11 is 0. The molecular formula is C28H23N4O5+. The van der Waals surface area contributed by atoms with Gasteiger partial charge in [-0.1, -0.05) is 25.1 Å². The largest absolute Gasteiger partial charge is 0.454 e. The Morgan fingerprint density at radius 1 is 0.919 bits per heavy atom. The molecule has 9 nitrogen and oxygen atoms in total. The second kappa shape index (κ2) is 8.63. The van der Waals surface area contributed by atoms with Crippen LogP contribution in [0.3, 0.4) is 0 Å². The van der Waals surface area contributed by atoms with Crippen molar-refractivity contribution in [2.45, 2.75) is 20.3 Å². The zero-order valence-electron chi connectivity index (χ0n) is 20.2. The monoisotopic (exact) mass is 495 g/mol. The third-order valence-corrected chi connectivity index (χ3v) is 6.46. The number of aryl methyl sites for hydroxylation is 2. The highest BCUT2D eigenvalue weighted by molar-refractivity contribution is 6.53. The van der Waals surface area contributed by atoms with Gasteiger partial charge >= 0.3 is 5.91 Å². The van der Waals surface area contributed by atoms with Gasteiger partial charge < -0.3 is 9.47 Å². The lowest BCUT2D eigenvalue weighted by atomic mass is 10.0. The van der Waals surface area contributed by atoms with Gasteiger partial charge in [0, 0.05) is 23.4 Å². The number of amides is 2. The summed E-state index contributed by atoms with van der Waals surface area (Å²) in [5.74, 6) is -0.144. The molecule has 0 fully saturated rings. The molecule has 1 N–H and O–H groups in total. The quantitative estimate of drug-likeness (QED) is 0.339. The molecule has 0 spiro atoms. The topological polar surface area (TPSA) is 97.5 Å². The predicted octanol–water partition coefficient (Wildman–Crippen LogP) is 2.99. The molecule has 184 valence electrons. The molecule has 4 heterocycles. The zero-order chi connectivity index (χ0) is 25.7. The molecule has 37 heavy (non-hydrogen) atoms. The molecule has 0 aliphatic carbocycles. The van der Waals surface area contributed by atoms with Crippen LogP contribution in [0.5, 0.6) is 11.5 Å². The Hall–Kier alpha value is -4.92. The Balaban J connectivity index is 1.58. The van der Waals surface area contributed by atoms with Crippen LogP contribution in [0.15, 0.2) is 77.9 Å². The number of fused-ring (bicyclic) bond motifs is 1. The minimum absolute atomic E-state index is 0.0473. The molecule has 9 heteroatoms. The van der Waals surface area contributed by atoms with E-state index in [-0.39, 0.29) is 23.6 Å². The predicted molar refractivity (Wildman–Crippen MR) is 135 cm³/mol. The minimum atomic E-state index is -0.584. The van der Waals surface area contributed by atoms with E-state index < -0.39 is 17.4 Å². The number of benzene rings is 2. The Bertz CT molecular complexity index is 1670. The van der Waals surface area contributed by atoms with Crippen LogP contribution < -0.4 is 24.5 Å². The standard InChI is InChI=1S/C28H22N4O5/c1-3-20-23(27(34)32(29-20)18-9-5-4-6-10-18)24-25(30-13-7-8-17(2)15-30)28(35)31(26(24)33)19-11-12-21-22(14-19)37-16-36-21/h4-15H,3,16H2,1-2H3/p+1. The van der Waals surface area contributed by atoms with Crippen LogP contribution in [0.1, 0.15) is 23.7 Å². The molecule has 0 saturated carbocycles. The number of para-hydroxylation sites is 1. The molecule has 0 radical (unpaired) electrons. The molecule has 2 aromatic heterocycles. The van der Waals surface area contributed by atoms with E-state index in [1.165, 1.54) is 4.68 Å². The van der Waals surface area contributed by atoms with E-state index in [9.17, 15) is 14.4 Å². The maximum Gasteiger partial charge on any atom is 0.331 e. The number of nitrogens with one attached hydrogen (secondary N) is 1. The van der Waals surface area contributed by atoms with Crippen molar-refractivity contribution >= 4 is 28.8 Å². The van der Waals surface area contributed by atoms with Gasteiger partial charge in [-0.3, -0.25) is 19.5 Å². The maximum absolute atomic E-state index is 14.1. The number of nitrogens with zero attached hydrogens (tertiary/aromatic N) is 3. The van der Waals surface area contributed by atoms with E-state index in [0.717, 1.165) is 10.5 Å². The Morgan fingerprint density at radius 3 is 2.46 bits per heavy atom. The van der Waals surface area contributed by atoms with Gasteiger partial charge in [-0.25, -0.2) is 9.58 Å². The highest BCUT2D eigenvalue weighted by Gasteiger charge is 2.48. The first kappa shape index (κ1) is 22.5. The molecule has 2 aliphatic heterocycles. The van der Waals surface area contributed by atoms with Crippen molar-refractivity contribution in [1.82, 2.24) is 9.78 Å². The number of hydrogen-bond acceptors (Lipinski definition) is 5. The van der Waals surface area contributed by atoms with Crippen molar-refractivity contribution in [1.29, 1.82) is 0 Å². The number of carbonyl (C=O) groups excluding carboxylic acids is 2. The van der Waals surface area contributed by atoms with Crippen molar-refractivity contribution in [3.05, 3.63) is 100 Å². The van der Waals surface area contributed by atoms with Gasteiger partial charge in [0.2, 0.25) is 6.79 Å². The van der Waals surface area contributed by atoms with Crippen LogP contribution in [0.4, 0.5) is 5.69 Å². The van der Waals surface area contributed by atoms with Crippen LogP contribution >= 0.6 is 0 Å². The Labute approximate surface area is 211 Å². The second-order valence-electron chi connectivity index (χ2n) is 8.79. The van der Waals surface area contributed by atoms with Crippen LogP contribution in [0.2, 0.25) is 0 Å². The fourth-order valence-electron chi connectivity index (χ4n) is 4.73. The molecule has 0 saturated heterocycles. The molecule has 4 aromatic rings. The second-order valence-corrected chi connectivity index (χ2v) is 8.79. The smallest absolute Gasteiger partial charge is 0.331 e. The number of H-pyrrole nitrogens is 1. The highest BCUT2D eigenvalue weighted by Crippen LogP contribution is 2.39. The average Bonchev–Trinajstić information content (AvgIpc) is 3.57. The maximum atomic E-state index is 14.1. The number of anilines is 1. The van der Waals surface area contributed by atoms with Crippen molar-refractivity contribution in [3.8, 4) is 17.2 Å². The van der Waals surface area contributed by atoms with E-state index in [1.807, 2.05) is 38.1 Å². The number of rotatable bonds is 5. The summed E-state index contributed by atoms with van der Waals surface area (Å²) in [7, 11) is 0. The number of carbonyl (C=O) groups is 2. The van der Waals surface area contributed by atoms with Crippen LogP contribution in [0, 0.1) is 6.92 Å². The first-order valence-electron chi connectivity index (χ1n) is 11.9. The summed E-state index contributed by atoms with van der Waals surface area (Å²) < 4.78 is 13.9. The van der Waals surface area contributed by atoms with Crippen molar-refractivity contribution in [2.75, 3.05) is 11.7 Å². The third kappa shape index (κ3) is 3.55. The summed E-state index contributed by atoms with van der Waals surface area (Å²) in [4.78, 5) is 42.9. The first-order valence-corrected chi connectivity index (χ1v) is 11.9. The van der Waals surface area contributed by atoms with Gasteiger partial charge in [-0.15, -0.1) is 0 Å². The normalized spacial score (nSPS) is 14.7. The third-order valence-electron chi connectivity index (χ3n) is 6.46. The highest BCUT2D eigenvalue weighted by atomic mass is 16.7. The summed E-state index contributed by atoms with van der Waals surface area (Å²) in [5, 5.41) is 3.14. The van der Waals surface area contributed by atoms with Gasteiger partial charge in [0.25, 0.3) is 17.2 Å². The number of ether oxygens (including phenoxy) is 2. The van der Waals surface area contributed by atoms with Crippen LogP contribution in [-0.4, -0.2) is 28.4 Å². The summed E-state index contributed by atoms with van der Waals surface area (Å²) in [6.07, 6.45) is 3.91. The SMILES string of the molecule is CCc1[nH]n(-c2ccccc2)c(=O)c1C1=C([n+]2cccc(C)c2)C(=O)N(c2ccc3c(c2)OCO3)C1=O. The van der Waals surface area contributed by atoms with Gasteiger partial charge in [0.05, 0.1) is 16.9 Å². The summed E-state index contributed by atoms with van der Waals surface area (Å²) in [6.45, 7) is 3.85. The lowest BCUT2D eigenvalue weighted by molar-refractivity contribution is -0.577. The molecule has 6 rings (SSSR count). The van der Waals surface area contributed by atoms with Crippen molar-refractivity contribution in [2.24, 2.45) is 0 Å². The molecule has 2 amide bonds. The summed E-state index contributed by atoms with van der Waals surface area (Å²) in [5.41, 5.74) is 2.34. The van der Waals surface area contributed by atoms with Crippen molar-refractivity contribution < 1.29 is 23.6 Å². The number of aromatic nitrogens is 3. The first-order chi connectivity index (χ1) is 18.0. The molecule has 2 aromatic carbocycles. The number of hydrogen-bond donors (Lipinski definition) is 1. The van der Waals surface area contributed by atoms with E-state index in [4.69, 9.17) is 9.47 Å². The number of aromatic amines is 1. The van der Waals surface area contributed by atoms with Gasteiger partial charge in [-0.2, -0.15) is 4.57 Å². The van der Waals surface area contributed by atoms with Gasteiger partial charge in [-0.05, 0) is 43.7 Å². The van der Waals surface area contributed by atoms with Crippen LogP contribution in [0.25, 0.3) is 17.0 Å². The fourth-order valence-corrected chi connectivity index (χ4v) is 4.73. The van der Waals surface area contributed by atoms with Crippen LogP contribution in [-0.2, 0) is 16.0 Å². The average molecular weight is 496 g/mol. The Kier molecular flexibility index (Phi) is 5.26. The summed E-state index contributed by atoms with van der Waals surface area (Å²) in [6, 6.07) is 17.7. The molecule has 0 unspecified atom stereocenters. The fraction of sp³-hybridized carbons (Fsp3) is 0.143.